The molecule has 0 unspecified atom stereocenters. The number of benzene rings is 2. The van der Waals surface area contributed by atoms with E-state index in [2.05, 4.69) is 4.98 Å². The van der Waals surface area contributed by atoms with E-state index in [4.69, 9.17) is 14.2 Å². The van der Waals surface area contributed by atoms with Crippen molar-refractivity contribution in [1.82, 2.24) is 9.88 Å². The summed E-state index contributed by atoms with van der Waals surface area (Å²) in [4.78, 5) is 18.8. The van der Waals surface area contributed by atoms with Crippen LogP contribution in [-0.2, 0) is 17.9 Å². The van der Waals surface area contributed by atoms with Crippen molar-refractivity contribution in [2.45, 2.75) is 27.0 Å². The first-order valence-corrected chi connectivity index (χ1v) is 11.0. The molecule has 0 fully saturated rings. The minimum Gasteiger partial charge on any atom is -0.487 e. The number of hydrogen-bond acceptors (Lipinski definition) is 6. The summed E-state index contributed by atoms with van der Waals surface area (Å²) in [5.41, 5.74) is 2.87. The monoisotopic (exact) mass is 436 g/mol. The van der Waals surface area contributed by atoms with E-state index in [0.29, 0.717) is 19.7 Å². The maximum absolute atomic E-state index is 12.7. The van der Waals surface area contributed by atoms with Gasteiger partial charge >= 0.3 is 0 Å². The van der Waals surface area contributed by atoms with Crippen molar-refractivity contribution in [3.05, 3.63) is 75.7 Å². The SMILES string of the molecule is CCN(Cc1ccc2c(c1)OCO2)C(=O)/C=C/c1ccc(OCc2csc(C)n2)cc1. The van der Waals surface area contributed by atoms with Gasteiger partial charge in [0.05, 0.1) is 10.7 Å². The maximum Gasteiger partial charge on any atom is 0.246 e. The van der Waals surface area contributed by atoms with Crippen LogP contribution in [0.2, 0.25) is 0 Å². The Morgan fingerprint density at radius 1 is 1.19 bits per heavy atom. The molecule has 7 heteroatoms. The molecule has 160 valence electrons. The van der Waals surface area contributed by atoms with Crippen LogP contribution in [-0.4, -0.2) is 29.1 Å². The normalized spacial score (nSPS) is 12.3. The summed E-state index contributed by atoms with van der Waals surface area (Å²) < 4.78 is 16.5. The fraction of sp³-hybridized carbons (Fsp3) is 0.250. The molecule has 0 aliphatic carbocycles. The molecule has 2 aromatic carbocycles. The first kappa shape index (κ1) is 20.9. The first-order chi connectivity index (χ1) is 15.1. The Morgan fingerprint density at radius 3 is 2.74 bits per heavy atom. The van der Waals surface area contributed by atoms with Crippen LogP contribution in [0.1, 0.15) is 28.8 Å². The smallest absolute Gasteiger partial charge is 0.246 e. The van der Waals surface area contributed by atoms with Gasteiger partial charge in [0.2, 0.25) is 12.7 Å². The zero-order chi connectivity index (χ0) is 21.6. The predicted molar refractivity (Wildman–Crippen MR) is 120 cm³/mol. The van der Waals surface area contributed by atoms with Crippen LogP contribution in [0.4, 0.5) is 0 Å². The summed E-state index contributed by atoms with van der Waals surface area (Å²) in [6.45, 7) is 5.76. The summed E-state index contributed by atoms with van der Waals surface area (Å²) in [6, 6.07) is 13.4. The molecule has 0 saturated carbocycles. The molecule has 0 saturated heterocycles. The van der Waals surface area contributed by atoms with Crippen LogP contribution in [0.3, 0.4) is 0 Å². The molecule has 1 amide bonds. The number of aryl methyl sites for hydroxylation is 1. The lowest BCUT2D eigenvalue weighted by Crippen LogP contribution is -2.28. The van der Waals surface area contributed by atoms with Gasteiger partial charge in [-0.2, -0.15) is 0 Å². The van der Waals surface area contributed by atoms with Gasteiger partial charge in [0.25, 0.3) is 0 Å². The van der Waals surface area contributed by atoms with Crippen molar-refractivity contribution >= 4 is 23.3 Å². The number of carbonyl (C=O) groups is 1. The van der Waals surface area contributed by atoms with Gasteiger partial charge in [0.1, 0.15) is 12.4 Å². The Bertz CT molecular complexity index is 1080. The van der Waals surface area contributed by atoms with Crippen molar-refractivity contribution in [2.24, 2.45) is 0 Å². The van der Waals surface area contributed by atoms with Crippen molar-refractivity contribution < 1.29 is 19.0 Å². The minimum absolute atomic E-state index is 0.0422. The largest absolute Gasteiger partial charge is 0.487 e. The van der Waals surface area contributed by atoms with Gasteiger partial charge in [0, 0.05) is 24.5 Å². The van der Waals surface area contributed by atoms with Crippen LogP contribution >= 0.6 is 11.3 Å². The number of hydrogen-bond donors (Lipinski definition) is 0. The number of aromatic nitrogens is 1. The van der Waals surface area contributed by atoms with Crippen LogP contribution in [0.5, 0.6) is 17.2 Å². The Morgan fingerprint density at radius 2 is 2.00 bits per heavy atom. The molecule has 1 aromatic heterocycles. The van der Waals surface area contributed by atoms with Crippen LogP contribution in [0.25, 0.3) is 6.08 Å². The number of nitrogens with zero attached hydrogens (tertiary/aromatic N) is 2. The Kier molecular flexibility index (Phi) is 6.52. The summed E-state index contributed by atoms with van der Waals surface area (Å²) in [5, 5.41) is 3.03. The lowest BCUT2D eigenvalue weighted by Gasteiger charge is -2.19. The summed E-state index contributed by atoms with van der Waals surface area (Å²) in [7, 11) is 0. The summed E-state index contributed by atoms with van der Waals surface area (Å²) in [6.07, 6.45) is 3.42. The van der Waals surface area contributed by atoms with Crippen LogP contribution in [0, 0.1) is 6.92 Å². The standard InChI is InChI=1S/C24H24N2O4S/c1-3-26(13-19-6-10-22-23(12-19)30-16-29-22)24(27)11-7-18-4-8-21(9-5-18)28-14-20-15-31-17(2)25-20/h4-12,15H,3,13-14,16H2,1-2H3/b11-7+. The number of carbonyl (C=O) groups excluding carboxylic acids is 1. The summed E-state index contributed by atoms with van der Waals surface area (Å²) in [5.74, 6) is 2.20. The van der Waals surface area contributed by atoms with Gasteiger partial charge in [0.15, 0.2) is 11.5 Å². The highest BCUT2D eigenvalue weighted by molar-refractivity contribution is 7.09. The van der Waals surface area contributed by atoms with Crippen LogP contribution < -0.4 is 14.2 Å². The highest BCUT2D eigenvalue weighted by Crippen LogP contribution is 2.32. The number of fused-ring (bicyclic) bond motifs is 1. The quantitative estimate of drug-likeness (QED) is 0.474. The number of thiazole rings is 1. The third-order valence-electron chi connectivity index (χ3n) is 4.86. The first-order valence-electron chi connectivity index (χ1n) is 10.1. The fourth-order valence-electron chi connectivity index (χ4n) is 3.19. The Hall–Kier alpha value is -3.32. The highest BCUT2D eigenvalue weighted by atomic mass is 32.1. The molecule has 0 bridgehead atoms. The third-order valence-corrected chi connectivity index (χ3v) is 5.68. The molecule has 0 atom stereocenters. The third kappa shape index (κ3) is 5.44. The van der Waals surface area contributed by atoms with Crippen LogP contribution in [0.15, 0.2) is 53.9 Å². The molecule has 3 aromatic rings. The van der Waals surface area contributed by atoms with E-state index in [1.54, 1.807) is 22.3 Å². The lowest BCUT2D eigenvalue weighted by molar-refractivity contribution is -0.126. The van der Waals surface area contributed by atoms with E-state index in [0.717, 1.165) is 39.1 Å². The number of ether oxygens (including phenoxy) is 3. The highest BCUT2D eigenvalue weighted by Gasteiger charge is 2.15. The zero-order valence-electron chi connectivity index (χ0n) is 17.5. The maximum atomic E-state index is 12.7. The van der Waals surface area contributed by atoms with Gasteiger partial charge in [-0.3, -0.25) is 4.79 Å². The second-order valence-corrected chi connectivity index (χ2v) is 8.15. The number of likely N-dealkylation sites (N-methyl/N-ethyl adjacent to an activating group) is 1. The Balaban J connectivity index is 1.32. The summed E-state index contributed by atoms with van der Waals surface area (Å²) >= 11 is 1.61. The molecule has 4 rings (SSSR count). The van der Waals surface area contributed by atoms with Gasteiger partial charge in [-0.15, -0.1) is 11.3 Å². The molecule has 0 N–H and O–H groups in total. The molecule has 1 aliphatic rings. The second kappa shape index (κ2) is 9.66. The molecule has 31 heavy (non-hydrogen) atoms. The molecule has 0 radical (unpaired) electrons. The topological polar surface area (TPSA) is 60.9 Å². The van der Waals surface area contributed by atoms with Crippen molar-refractivity contribution in [1.29, 1.82) is 0 Å². The van der Waals surface area contributed by atoms with Gasteiger partial charge in [-0.1, -0.05) is 18.2 Å². The molecular weight excluding hydrogens is 412 g/mol. The Labute approximate surface area is 185 Å². The van der Waals surface area contributed by atoms with Gasteiger partial charge in [-0.25, -0.2) is 4.98 Å². The molecule has 0 spiro atoms. The van der Waals surface area contributed by atoms with Gasteiger partial charge < -0.3 is 19.1 Å². The van der Waals surface area contributed by atoms with Gasteiger partial charge in [-0.05, 0) is 55.3 Å². The van der Waals surface area contributed by atoms with Crippen molar-refractivity contribution in [3.63, 3.8) is 0 Å². The van der Waals surface area contributed by atoms with E-state index in [-0.39, 0.29) is 12.7 Å². The lowest BCUT2D eigenvalue weighted by atomic mass is 10.1. The predicted octanol–water partition coefficient (Wildman–Crippen LogP) is 4.82. The minimum atomic E-state index is -0.0422. The van der Waals surface area contributed by atoms with Crippen molar-refractivity contribution in [3.8, 4) is 17.2 Å². The van der Waals surface area contributed by atoms with E-state index in [1.165, 1.54) is 0 Å². The van der Waals surface area contributed by atoms with E-state index < -0.39 is 0 Å². The average molecular weight is 437 g/mol. The van der Waals surface area contributed by atoms with E-state index in [9.17, 15) is 4.79 Å². The average Bonchev–Trinajstić information content (AvgIpc) is 3.43. The molecule has 2 heterocycles. The zero-order valence-corrected chi connectivity index (χ0v) is 18.4. The fourth-order valence-corrected chi connectivity index (χ4v) is 3.78. The molecule has 6 nitrogen and oxygen atoms in total. The van der Waals surface area contributed by atoms with E-state index >= 15 is 0 Å². The van der Waals surface area contributed by atoms with Crippen molar-refractivity contribution in [2.75, 3.05) is 13.3 Å². The number of rotatable bonds is 8. The second-order valence-electron chi connectivity index (χ2n) is 7.09. The van der Waals surface area contributed by atoms with E-state index in [1.807, 2.05) is 67.8 Å². The molecule has 1 aliphatic heterocycles. The molecular formula is C24H24N2O4S. The number of amides is 1.